The molecule has 4 rings (SSSR count). The molecule has 0 spiro atoms. The fraction of sp³-hybridized carbons (Fsp3) is 0.917. The third-order valence-electron chi connectivity index (χ3n) is 8.00. The largest absolute Gasteiger partial charge is 0.381 e. The molecule has 0 aromatic heterocycles. The van der Waals surface area contributed by atoms with Crippen molar-refractivity contribution in [3.8, 4) is 0 Å². The van der Waals surface area contributed by atoms with Gasteiger partial charge in [0.2, 0.25) is 5.91 Å². The second kappa shape index (κ2) is 12.9. The van der Waals surface area contributed by atoms with E-state index in [-0.39, 0.29) is 35.6 Å². The molecule has 0 saturated carbocycles. The number of piperazine rings is 1. The highest BCUT2D eigenvalue weighted by Crippen LogP contribution is 2.31. The molecule has 8 nitrogen and oxygen atoms in total. The van der Waals surface area contributed by atoms with Crippen molar-refractivity contribution in [2.45, 2.75) is 64.0 Å². The topological polar surface area (TPSA) is 63.7 Å². The Balaban J connectivity index is 0.00000306. The van der Waals surface area contributed by atoms with Gasteiger partial charge in [-0.3, -0.25) is 19.6 Å². The molecule has 33 heavy (non-hydrogen) atoms. The average Bonchev–Trinajstić information content (AvgIpc) is 3.57. The number of nitrogens with one attached hydrogen (secondary N) is 1. The van der Waals surface area contributed by atoms with Crippen LogP contribution in [0.4, 0.5) is 0 Å². The van der Waals surface area contributed by atoms with Crippen molar-refractivity contribution in [1.29, 1.82) is 0 Å². The zero-order valence-corrected chi connectivity index (χ0v) is 23.1. The summed E-state index contributed by atoms with van der Waals surface area (Å²) >= 11 is 0. The summed E-state index contributed by atoms with van der Waals surface area (Å²) in [6, 6.07) is -0.0181. The molecule has 1 unspecified atom stereocenters. The van der Waals surface area contributed by atoms with Crippen LogP contribution in [0.15, 0.2) is 4.99 Å². The summed E-state index contributed by atoms with van der Waals surface area (Å²) < 4.78 is 5.71. The molecule has 9 heteroatoms. The van der Waals surface area contributed by atoms with Crippen molar-refractivity contribution in [3.05, 3.63) is 0 Å². The Kier molecular flexibility index (Phi) is 10.5. The van der Waals surface area contributed by atoms with Gasteiger partial charge in [0.1, 0.15) is 0 Å². The Hall–Kier alpha value is -0.650. The fourth-order valence-electron chi connectivity index (χ4n) is 5.84. The van der Waals surface area contributed by atoms with Crippen molar-refractivity contribution in [2.75, 3.05) is 78.7 Å². The predicted octanol–water partition coefficient (Wildman–Crippen LogP) is 1.84. The van der Waals surface area contributed by atoms with Crippen LogP contribution >= 0.6 is 24.0 Å². The lowest BCUT2D eigenvalue weighted by molar-refractivity contribution is -0.135. The SMILES string of the molecule is CCNC(=NCC1(N2CCCC2)CCOCC1)N1CCN(C(C)C(=O)N2CCCC2)CC1.I. The van der Waals surface area contributed by atoms with Crippen LogP contribution in [0, 0.1) is 0 Å². The van der Waals surface area contributed by atoms with E-state index in [2.05, 4.69) is 33.9 Å². The third kappa shape index (κ3) is 6.52. The maximum atomic E-state index is 12.8. The fourth-order valence-corrected chi connectivity index (χ4v) is 5.84. The first-order valence-corrected chi connectivity index (χ1v) is 13.0. The molecule has 4 aliphatic heterocycles. The standard InChI is InChI=1S/C24H44N6O2.HI/c1-3-25-23(26-20-24(8-18-32-19-9-24)30-12-6-7-13-30)29-16-14-27(15-17-29)21(2)22(31)28-10-4-5-11-28;/h21H,3-20H2,1-2H3,(H,25,26);1H. The lowest BCUT2D eigenvalue weighted by atomic mass is 9.88. The van der Waals surface area contributed by atoms with Crippen LogP contribution < -0.4 is 5.32 Å². The van der Waals surface area contributed by atoms with E-state index in [0.717, 1.165) is 97.2 Å². The average molecular weight is 577 g/mol. The van der Waals surface area contributed by atoms with E-state index in [9.17, 15) is 4.79 Å². The minimum Gasteiger partial charge on any atom is -0.381 e. The van der Waals surface area contributed by atoms with E-state index in [1.54, 1.807) is 0 Å². The van der Waals surface area contributed by atoms with Crippen molar-refractivity contribution < 1.29 is 9.53 Å². The molecule has 0 radical (unpaired) electrons. The van der Waals surface area contributed by atoms with Gasteiger partial charge in [-0.1, -0.05) is 0 Å². The van der Waals surface area contributed by atoms with E-state index >= 15 is 0 Å². The number of guanidine groups is 1. The van der Waals surface area contributed by atoms with Gasteiger partial charge in [-0.15, -0.1) is 24.0 Å². The van der Waals surface area contributed by atoms with E-state index in [4.69, 9.17) is 9.73 Å². The number of likely N-dealkylation sites (tertiary alicyclic amines) is 2. The van der Waals surface area contributed by atoms with Gasteiger partial charge in [-0.25, -0.2) is 0 Å². The molecule has 0 aromatic carbocycles. The third-order valence-corrected chi connectivity index (χ3v) is 8.00. The summed E-state index contributed by atoms with van der Waals surface area (Å²) in [7, 11) is 0. The summed E-state index contributed by atoms with van der Waals surface area (Å²) in [5, 5.41) is 3.54. The van der Waals surface area contributed by atoms with E-state index in [1.807, 2.05) is 4.90 Å². The monoisotopic (exact) mass is 576 g/mol. The summed E-state index contributed by atoms with van der Waals surface area (Å²) in [5.41, 5.74) is 0.161. The molecular formula is C24H45IN6O2. The molecule has 0 aromatic rings. The van der Waals surface area contributed by atoms with Crippen LogP contribution in [0.3, 0.4) is 0 Å². The van der Waals surface area contributed by atoms with Gasteiger partial charge >= 0.3 is 0 Å². The Morgan fingerprint density at radius 3 is 2.15 bits per heavy atom. The van der Waals surface area contributed by atoms with Crippen molar-refractivity contribution in [2.24, 2.45) is 4.99 Å². The predicted molar refractivity (Wildman–Crippen MR) is 143 cm³/mol. The molecule has 1 amide bonds. The number of rotatable bonds is 6. The van der Waals surface area contributed by atoms with Gasteiger partial charge in [0.25, 0.3) is 0 Å². The zero-order chi connectivity index (χ0) is 22.4. The first-order chi connectivity index (χ1) is 15.6. The number of hydrogen-bond donors (Lipinski definition) is 1. The van der Waals surface area contributed by atoms with Crippen LogP contribution in [0.5, 0.6) is 0 Å². The molecular weight excluding hydrogens is 531 g/mol. The second-order valence-electron chi connectivity index (χ2n) is 9.93. The first-order valence-electron chi connectivity index (χ1n) is 13.0. The normalized spacial score (nSPS) is 25.7. The number of halogens is 1. The Bertz CT molecular complexity index is 637. The van der Waals surface area contributed by atoms with Gasteiger partial charge < -0.3 is 19.9 Å². The molecule has 0 bridgehead atoms. The quantitative estimate of drug-likeness (QED) is 0.296. The molecule has 4 saturated heterocycles. The molecule has 4 aliphatic rings. The first kappa shape index (κ1) is 26.9. The number of hydrogen-bond acceptors (Lipinski definition) is 5. The van der Waals surface area contributed by atoms with Crippen molar-refractivity contribution in [3.63, 3.8) is 0 Å². The molecule has 4 heterocycles. The maximum absolute atomic E-state index is 12.8. The van der Waals surface area contributed by atoms with Crippen LogP contribution in [0.25, 0.3) is 0 Å². The van der Waals surface area contributed by atoms with Gasteiger partial charge in [-0.2, -0.15) is 0 Å². The number of aliphatic imine (C=N–C) groups is 1. The highest BCUT2D eigenvalue weighted by Gasteiger charge is 2.40. The molecule has 0 aliphatic carbocycles. The van der Waals surface area contributed by atoms with Crippen LogP contribution in [0.1, 0.15) is 52.4 Å². The highest BCUT2D eigenvalue weighted by molar-refractivity contribution is 14.0. The van der Waals surface area contributed by atoms with Crippen LogP contribution in [-0.4, -0.2) is 122 Å². The summed E-state index contributed by atoms with van der Waals surface area (Å²) in [6.45, 7) is 15.6. The number of carbonyl (C=O) groups is 1. The van der Waals surface area contributed by atoms with Crippen LogP contribution in [-0.2, 0) is 9.53 Å². The lowest BCUT2D eigenvalue weighted by Crippen LogP contribution is -2.58. The summed E-state index contributed by atoms with van der Waals surface area (Å²) in [5.74, 6) is 1.35. The van der Waals surface area contributed by atoms with Crippen molar-refractivity contribution in [1.82, 2.24) is 24.9 Å². The number of carbonyl (C=O) groups excluding carboxylic acids is 1. The minimum atomic E-state index is -0.0181. The summed E-state index contributed by atoms with van der Waals surface area (Å²) in [4.78, 5) is 27.5. The lowest BCUT2D eigenvalue weighted by Gasteiger charge is -2.44. The minimum absolute atomic E-state index is 0. The second-order valence-corrected chi connectivity index (χ2v) is 9.93. The Morgan fingerprint density at radius 1 is 0.939 bits per heavy atom. The summed E-state index contributed by atoms with van der Waals surface area (Å²) in [6.07, 6.45) is 7.09. The van der Waals surface area contributed by atoms with Crippen molar-refractivity contribution >= 4 is 35.8 Å². The van der Waals surface area contributed by atoms with Gasteiger partial charge in [0, 0.05) is 64.6 Å². The van der Waals surface area contributed by atoms with E-state index in [0.29, 0.717) is 5.91 Å². The van der Waals surface area contributed by atoms with Gasteiger partial charge in [-0.05, 0) is 65.5 Å². The van der Waals surface area contributed by atoms with E-state index < -0.39 is 0 Å². The van der Waals surface area contributed by atoms with Gasteiger partial charge in [0.05, 0.1) is 12.6 Å². The maximum Gasteiger partial charge on any atom is 0.239 e. The number of amides is 1. The molecule has 4 fully saturated rings. The zero-order valence-electron chi connectivity index (χ0n) is 20.8. The van der Waals surface area contributed by atoms with Crippen LogP contribution in [0.2, 0.25) is 0 Å². The Labute approximate surface area is 217 Å². The number of nitrogens with zero attached hydrogens (tertiary/aromatic N) is 5. The molecule has 1 N–H and O–H groups in total. The molecule has 190 valence electrons. The molecule has 1 atom stereocenters. The van der Waals surface area contributed by atoms with Gasteiger partial charge in [0.15, 0.2) is 5.96 Å². The smallest absolute Gasteiger partial charge is 0.239 e. The number of ether oxygens (including phenoxy) is 1. The Morgan fingerprint density at radius 2 is 1.55 bits per heavy atom. The van der Waals surface area contributed by atoms with E-state index in [1.165, 1.54) is 25.9 Å². The highest BCUT2D eigenvalue weighted by atomic mass is 127.